The summed E-state index contributed by atoms with van der Waals surface area (Å²) in [5.74, 6) is 1.58. The van der Waals surface area contributed by atoms with E-state index in [4.69, 9.17) is 0 Å². The first kappa shape index (κ1) is 15.9. The van der Waals surface area contributed by atoms with Gasteiger partial charge in [-0.25, -0.2) is 0 Å². The number of anilines is 1. The molecule has 19 heavy (non-hydrogen) atoms. The number of rotatable bonds is 6. The second-order valence-corrected chi connectivity index (χ2v) is 7.03. The summed E-state index contributed by atoms with van der Waals surface area (Å²) in [6.45, 7) is 11.9. The van der Waals surface area contributed by atoms with Crippen LogP contribution in [0, 0.1) is 22.7 Å². The van der Waals surface area contributed by atoms with E-state index in [2.05, 4.69) is 46.0 Å². The molecule has 0 aromatic heterocycles. The lowest BCUT2D eigenvalue weighted by molar-refractivity contribution is 0.269. The number of thioether (sulfide) groups is 1. The van der Waals surface area contributed by atoms with Crippen molar-refractivity contribution in [3.63, 3.8) is 0 Å². The van der Waals surface area contributed by atoms with Gasteiger partial charge in [0, 0.05) is 11.4 Å². The molecule has 1 N–H and O–H groups in total. The molecule has 0 heterocycles. The van der Waals surface area contributed by atoms with Gasteiger partial charge in [-0.3, -0.25) is 0 Å². The first-order valence-electron chi connectivity index (χ1n) is 6.82. The van der Waals surface area contributed by atoms with Crippen molar-refractivity contribution >= 4 is 17.4 Å². The Morgan fingerprint density at radius 1 is 1.37 bits per heavy atom. The summed E-state index contributed by atoms with van der Waals surface area (Å²) < 4.78 is 0. The smallest absolute Gasteiger partial charge is 0.102 e. The molecule has 0 bridgehead atoms. The second kappa shape index (κ2) is 6.86. The summed E-state index contributed by atoms with van der Waals surface area (Å²) in [6, 6.07) is 8.36. The Balaban J connectivity index is 2.90. The molecule has 0 radical (unpaired) electrons. The van der Waals surface area contributed by atoms with E-state index in [0.717, 1.165) is 28.4 Å². The molecule has 0 saturated carbocycles. The number of hydrogen-bond donors (Lipinski definition) is 1. The molecule has 0 aliphatic carbocycles. The van der Waals surface area contributed by atoms with E-state index >= 15 is 0 Å². The molecule has 1 aromatic rings. The largest absolute Gasteiger partial charge is 0.383 e. The third-order valence-corrected chi connectivity index (χ3v) is 4.68. The van der Waals surface area contributed by atoms with Crippen LogP contribution in [0.5, 0.6) is 0 Å². The summed E-state index contributed by atoms with van der Waals surface area (Å²) in [7, 11) is 0. The predicted molar refractivity (Wildman–Crippen MR) is 84.7 cm³/mol. The van der Waals surface area contributed by atoms with E-state index in [-0.39, 0.29) is 5.41 Å². The van der Waals surface area contributed by atoms with E-state index in [1.54, 1.807) is 11.8 Å². The van der Waals surface area contributed by atoms with Crippen molar-refractivity contribution in [3.05, 3.63) is 23.8 Å². The molecular formula is C16H24N2S. The van der Waals surface area contributed by atoms with Crippen LogP contribution in [0.25, 0.3) is 0 Å². The molecule has 2 nitrogen and oxygen atoms in total. The summed E-state index contributed by atoms with van der Waals surface area (Å²) in [4.78, 5) is 1.07. The molecule has 0 spiro atoms. The molecule has 1 rings (SSSR count). The summed E-state index contributed by atoms with van der Waals surface area (Å²) >= 11 is 1.72. The van der Waals surface area contributed by atoms with Crippen LogP contribution in [0.2, 0.25) is 0 Å². The lowest BCUT2D eigenvalue weighted by Gasteiger charge is -2.30. The first-order valence-corrected chi connectivity index (χ1v) is 7.80. The highest BCUT2D eigenvalue weighted by Gasteiger charge is 2.22. The monoisotopic (exact) mass is 276 g/mol. The van der Waals surface area contributed by atoms with Gasteiger partial charge in [0.05, 0.1) is 11.3 Å². The van der Waals surface area contributed by atoms with Gasteiger partial charge in [-0.05, 0) is 29.2 Å². The fourth-order valence-corrected chi connectivity index (χ4v) is 2.38. The van der Waals surface area contributed by atoms with E-state index < -0.39 is 0 Å². The Morgan fingerprint density at radius 3 is 2.58 bits per heavy atom. The topological polar surface area (TPSA) is 35.8 Å². The second-order valence-electron chi connectivity index (χ2n) is 5.72. The standard InChI is InChI=1S/C16H24N2S/c1-6-19-15-9-7-8-14(13(15)10-17)18-11-16(4,5)12(2)3/h7-9,12,18H,6,11H2,1-5H3. The predicted octanol–water partition coefficient (Wildman–Crippen LogP) is 4.76. The van der Waals surface area contributed by atoms with E-state index in [9.17, 15) is 5.26 Å². The number of nitriles is 1. The average molecular weight is 276 g/mol. The van der Waals surface area contributed by atoms with Crippen LogP contribution in [0.4, 0.5) is 5.69 Å². The maximum atomic E-state index is 9.36. The van der Waals surface area contributed by atoms with Crippen molar-refractivity contribution in [1.82, 2.24) is 0 Å². The van der Waals surface area contributed by atoms with Crippen LogP contribution in [0.1, 0.15) is 40.2 Å². The lowest BCUT2D eigenvalue weighted by atomic mass is 9.81. The Morgan fingerprint density at radius 2 is 2.05 bits per heavy atom. The van der Waals surface area contributed by atoms with Crippen molar-refractivity contribution in [2.75, 3.05) is 17.6 Å². The average Bonchev–Trinajstić information content (AvgIpc) is 2.36. The third-order valence-electron chi connectivity index (χ3n) is 3.74. The normalized spacial score (nSPS) is 11.4. The highest BCUT2D eigenvalue weighted by Crippen LogP contribution is 2.30. The molecule has 3 heteroatoms. The minimum atomic E-state index is 0.209. The summed E-state index contributed by atoms with van der Waals surface area (Å²) in [6.07, 6.45) is 0. The quantitative estimate of drug-likeness (QED) is 0.761. The van der Waals surface area contributed by atoms with E-state index in [0.29, 0.717) is 5.92 Å². The van der Waals surface area contributed by atoms with Crippen molar-refractivity contribution < 1.29 is 0 Å². The molecule has 0 atom stereocenters. The third kappa shape index (κ3) is 4.18. The molecule has 0 saturated heterocycles. The van der Waals surface area contributed by atoms with Crippen LogP contribution >= 0.6 is 11.8 Å². The molecule has 0 unspecified atom stereocenters. The van der Waals surface area contributed by atoms with Gasteiger partial charge in [0.25, 0.3) is 0 Å². The number of hydrogen-bond acceptors (Lipinski definition) is 3. The van der Waals surface area contributed by atoms with Gasteiger partial charge < -0.3 is 5.32 Å². The Kier molecular flexibility index (Phi) is 5.75. The summed E-state index contributed by atoms with van der Waals surface area (Å²) in [5.41, 5.74) is 1.93. The highest BCUT2D eigenvalue weighted by molar-refractivity contribution is 7.99. The van der Waals surface area contributed by atoms with Crippen molar-refractivity contribution in [3.8, 4) is 6.07 Å². The maximum absolute atomic E-state index is 9.36. The van der Waals surface area contributed by atoms with E-state index in [1.807, 2.05) is 18.2 Å². The lowest BCUT2D eigenvalue weighted by Crippen LogP contribution is -2.28. The van der Waals surface area contributed by atoms with Crippen LogP contribution in [0.3, 0.4) is 0 Å². The fraction of sp³-hybridized carbons (Fsp3) is 0.562. The molecule has 0 aliphatic heterocycles. The minimum Gasteiger partial charge on any atom is -0.383 e. The van der Waals surface area contributed by atoms with Crippen LogP contribution in [-0.2, 0) is 0 Å². The zero-order chi connectivity index (χ0) is 14.5. The minimum absolute atomic E-state index is 0.209. The molecule has 104 valence electrons. The zero-order valence-corrected chi connectivity index (χ0v) is 13.4. The van der Waals surface area contributed by atoms with Gasteiger partial charge in [0.1, 0.15) is 6.07 Å². The SMILES string of the molecule is CCSc1cccc(NCC(C)(C)C(C)C)c1C#N. The molecule has 1 aromatic carbocycles. The number of nitrogens with zero attached hydrogens (tertiary/aromatic N) is 1. The molecule has 0 fully saturated rings. The molecule has 0 aliphatic rings. The van der Waals surface area contributed by atoms with Crippen molar-refractivity contribution in [2.45, 2.75) is 39.5 Å². The zero-order valence-electron chi connectivity index (χ0n) is 12.6. The van der Waals surface area contributed by atoms with Crippen molar-refractivity contribution in [1.29, 1.82) is 5.26 Å². The molecular weight excluding hydrogens is 252 g/mol. The highest BCUT2D eigenvalue weighted by atomic mass is 32.2. The maximum Gasteiger partial charge on any atom is 0.102 e. The first-order chi connectivity index (χ1) is 8.92. The van der Waals surface area contributed by atoms with Gasteiger partial charge in [0.15, 0.2) is 0 Å². The fourth-order valence-electron chi connectivity index (χ4n) is 1.60. The van der Waals surface area contributed by atoms with Gasteiger partial charge in [-0.1, -0.05) is 40.7 Å². The van der Waals surface area contributed by atoms with E-state index in [1.165, 1.54) is 0 Å². The van der Waals surface area contributed by atoms with Gasteiger partial charge in [0.2, 0.25) is 0 Å². The Bertz CT molecular complexity index is 458. The van der Waals surface area contributed by atoms with Crippen molar-refractivity contribution in [2.24, 2.45) is 11.3 Å². The van der Waals surface area contributed by atoms with Crippen LogP contribution in [-0.4, -0.2) is 12.3 Å². The van der Waals surface area contributed by atoms with Gasteiger partial charge >= 0.3 is 0 Å². The summed E-state index contributed by atoms with van der Waals surface area (Å²) in [5, 5.41) is 12.8. The van der Waals surface area contributed by atoms with Gasteiger partial charge in [-0.15, -0.1) is 11.8 Å². The van der Waals surface area contributed by atoms with Crippen LogP contribution in [0.15, 0.2) is 23.1 Å². The van der Waals surface area contributed by atoms with Gasteiger partial charge in [-0.2, -0.15) is 5.26 Å². The van der Waals surface area contributed by atoms with Crippen LogP contribution < -0.4 is 5.32 Å². The number of benzene rings is 1. The number of nitrogens with one attached hydrogen (secondary N) is 1. The molecule has 0 amide bonds. The Labute approximate surface area is 121 Å². The Hall–Kier alpha value is -1.14.